The lowest BCUT2D eigenvalue weighted by atomic mass is 10.2. The Bertz CT molecular complexity index is 1130. The monoisotopic (exact) mass is 549 g/mol. The van der Waals surface area contributed by atoms with Crippen LogP contribution in [0.3, 0.4) is 0 Å². The van der Waals surface area contributed by atoms with E-state index in [1.165, 1.54) is 5.56 Å². The van der Waals surface area contributed by atoms with E-state index in [1.54, 1.807) is 23.5 Å². The Balaban J connectivity index is 1.52. The Morgan fingerprint density at radius 3 is 2.19 bits per heavy atom. The molecule has 1 heterocycles. The first-order valence-corrected chi connectivity index (χ1v) is 13.2. The van der Waals surface area contributed by atoms with Gasteiger partial charge in [-0.15, -0.1) is 22.0 Å². The molecule has 0 atom stereocenters. The summed E-state index contributed by atoms with van der Waals surface area (Å²) in [5.74, 6) is 3.13. The van der Waals surface area contributed by atoms with Crippen LogP contribution in [-0.4, -0.2) is 14.8 Å². The van der Waals surface area contributed by atoms with E-state index in [1.807, 2.05) is 36.4 Å². The van der Waals surface area contributed by atoms with Gasteiger partial charge in [-0.1, -0.05) is 87.3 Å². The number of halogens is 3. The standard InChI is InChI=1S/C23H18BrCl2N3S2/c24-17-11-9-16(10-12-17)13-31-23-28-27-22(29(23)18-5-2-1-3-6-18)15-30-14-19-20(25)7-4-8-21(19)26/h1-12H,13-15H2. The molecule has 0 saturated heterocycles. The van der Waals surface area contributed by atoms with Crippen LogP contribution in [0.15, 0.2) is 82.4 Å². The van der Waals surface area contributed by atoms with Crippen LogP contribution in [0.4, 0.5) is 0 Å². The predicted molar refractivity (Wildman–Crippen MR) is 137 cm³/mol. The fraction of sp³-hybridized carbons (Fsp3) is 0.130. The van der Waals surface area contributed by atoms with Crippen molar-refractivity contribution < 1.29 is 0 Å². The Morgan fingerprint density at radius 1 is 0.774 bits per heavy atom. The van der Waals surface area contributed by atoms with Crippen molar-refractivity contribution in [3.05, 3.63) is 104 Å². The van der Waals surface area contributed by atoms with Crippen molar-refractivity contribution in [2.45, 2.75) is 22.4 Å². The van der Waals surface area contributed by atoms with Gasteiger partial charge in [0.25, 0.3) is 0 Å². The van der Waals surface area contributed by atoms with Crippen molar-refractivity contribution in [1.29, 1.82) is 0 Å². The SMILES string of the molecule is Clc1cccc(Cl)c1CSCc1nnc(SCc2ccc(Br)cc2)n1-c1ccccc1. The zero-order valence-electron chi connectivity index (χ0n) is 16.3. The van der Waals surface area contributed by atoms with Crippen LogP contribution in [0.25, 0.3) is 5.69 Å². The molecule has 3 aromatic carbocycles. The largest absolute Gasteiger partial charge is 0.273 e. The molecular formula is C23H18BrCl2N3S2. The third-order valence-electron chi connectivity index (χ3n) is 4.54. The molecule has 158 valence electrons. The zero-order valence-corrected chi connectivity index (χ0v) is 21.1. The number of aromatic nitrogens is 3. The minimum Gasteiger partial charge on any atom is -0.273 e. The minimum atomic E-state index is 0.690. The molecule has 0 aliphatic rings. The molecule has 0 saturated carbocycles. The number of hydrogen-bond acceptors (Lipinski definition) is 4. The van der Waals surface area contributed by atoms with Crippen LogP contribution in [0, 0.1) is 0 Å². The molecule has 4 aromatic rings. The molecule has 3 nitrogen and oxygen atoms in total. The fourth-order valence-corrected chi connectivity index (χ4v) is 5.83. The number of hydrogen-bond donors (Lipinski definition) is 0. The average Bonchev–Trinajstić information content (AvgIpc) is 3.19. The number of rotatable bonds is 8. The van der Waals surface area contributed by atoms with E-state index in [4.69, 9.17) is 23.2 Å². The number of benzene rings is 3. The Hall–Kier alpha value is -1.44. The Morgan fingerprint density at radius 2 is 1.48 bits per heavy atom. The second-order valence-corrected chi connectivity index (χ2v) is 10.3. The normalized spacial score (nSPS) is 11.1. The van der Waals surface area contributed by atoms with Crippen LogP contribution < -0.4 is 0 Å². The van der Waals surface area contributed by atoms with Crippen LogP contribution in [0.2, 0.25) is 10.0 Å². The van der Waals surface area contributed by atoms with Gasteiger partial charge in [-0.25, -0.2) is 0 Å². The first kappa shape index (κ1) is 22.7. The van der Waals surface area contributed by atoms with Crippen LogP contribution in [-0.2, 0) is 17.3 Å². The van der Waals surface area contributed by atoms with Gasteiger partial charge in [-0.2, -0.15) is 0 Å². The highest BCUT2D eigenvalue weighted by Crippen LogP contribution is 2.31. The van der Waals surface area contributed by atoms with Gasteiger partial charge in [0.05, 0.1) is 5.75 Å². The van der Waals surface area contributed by atoms with Gasteiger partial charge in [-0.3, -0.25) is 4.57 Å². The molecule has 0 aliphatic carbocycles. The average molecular weight is 551 g/mol. The predicted octanol–water partition coefficient (Wildman–Crippen LogP) is 8.06. The van der Waals surface area contributed by atoms with E-state index >= 15 is 0 Å². The summed E-state index contributed by atoms with van der Waals surface area (Å²) in [6.07, 6.45) is 0. The first-order valence-electron chi connectivity index (χ1n) is 9.49. The highest BCUT2D eigenvalue weighted by atomic mass is 79.9. The first-order chi connectivity index (χ1) is 15.1. The van der Waals surface area contributed by atoms with Crippen LogP contribution in [0.5, 0.6) is 0 Å². The maximum absolute atomic E-state index is 6.31. The number of para-hydroxylation sites is 1. The van der Waals surface area contributed by atoms with Crippen molar-refractivity contribution in [3.63, 3.8) is 0 Å². The molecule has 4 rings (SSSR count). The molecule has 0 bridgehead atoms. The van der Waals surface area contributed by atoms with Gasteiger partial charge in [-0.05, 0) is 47.5 Å². The van der Waals surface area contributed by atoms with Crippen molar-refractivity contribution in [2.75, 3.05) is 0 Å². The van der Waals surface area contributed by atoms with E-state index in [0.29, 0.717) is 21.6 Å². The summed E-state index contributed by atoms with van der Waals surface area (Å²) in [6.45, 7) is 0. The van der Waals surface area contributed by atoms with Gasteiger partial charge in [0.1, 0.15) is 5.82 Å². The molecule has 1 aromatic heterocycles. The quantitative estimate of drug-likeness (QED) is 0.207. The third kappa shape index (κ3) is 5.88. The summed E-state index contributed by atoms with van der Waals surface area (Å²) in [7, 11) is 0. The van der Waals surface area contributed by atoms with Crippen molar-refractivity contribution >= 4 is 62.7 Å². The number of nitrogens with zero attached hydrogens (tertiary/aromatic N) is 3. The second kappa shape index (κ2) is 10.9. The summed E-state index contributed by atoms with van der Waals surface area (Å²) in [6, 6.07) is 24.2. The molecule has 0 unspecified atom stereocenters. The molecule has 0 N–H and O–H groups in total. The summed E-state index contributed by atoms with van der Waals surface area (Å²) in [5.41, 5.74) is 3.24. The highest BCUT2D eigenvalue weighted by molar-refractivity contribution is 9.10. The van der Waals surface area contributed by atoms with E-state index < -0.39 is 0 Å². The molecule has 0 amide bonds. The van der Waals surface area contributed by atoms with Crippen molar-refractivity contribution in [2.24, 2.45) is 0 Å². The smallest absolute Gasteiger partial charge is 0.196 e. The maximum Gasteiger partial charge on any atom is 0.196 e. The zero-order chi connectivity index (χ0) is 21.6. The van der Waals surface area contributed by atoms with E-state index in [9.17, 15) is 0 Å². The molecule has 0 spiro atoms. The van der Waals surface area contributed by atoms with Gasteiger partial charge < -0.3 is 0 Å². The topological polar surface area (TPSA) is 30.7 Å². The molecule has 31 heavy (non-hydrogen) atoms. The third-order valence-corrected chi connectivity index (χ3v) is 7.73. The van der Waals surface area contributed by atoms with E-state index in [-0.39, 0.29) is 0 Å². The Kier molecular flexibility index (Phi) is 8.02. The summed E-state index contributed by atoms with van der Waals surface area (Å²) in [5, 5.41) is 11.2. The van der Waals surface area contributed by atoms with Crippen molar-refractivity contribution in [3.8, 4) is 5.69 Å². The van der Waals surface area contributed by atoms with Crippen molar-refractivity contribution in [1.82, 2.24) is 14.8 Å². The Labute approximate surface area is 208 Å². The molecule has 0 radical (unpaired) electrons. The summed E-state index contributed by atoms with van der Waals surface area (Å²) >= 11 is 19.5. The van der Waals surface area contributed by atoms with Crippen LogP contribution in [0.1, 0.15) is 17.0 Å². The summed E-state index contributed by atoms with van der Waals surface area (Å²) in [4.78, 5) is 0. The van der Waals surface area contributed by atoms with Gasteiger partial charge in [0.2, 0.25) is 0 Å². The lowest BCUT2D eigenvalue weighted by molar-refractivity contribution is 0.864. The number of thioether (sulfide) groups is 2. The summed E-state index contributed by atoms with van der Waals surface area (Å²) < 4.78 is 3.21. The minimum absolute atomic E-state index is 0.690. The lowest BCUT2D eigenvalue weighted by Crippen LogP contribution is -2.02. The molecule has 8 heteroatoms. The van der Waals surface area contributed by atoms with Gasteiger partial charge >= 0.3 is 0 Å². The van der Waals surface area contributed by atoms with Gasteiger partial charge in [0.15, 0.2) is 5.16 Å². The lowest BCUT2D eigenvalue weighted by Gasteiger charge is -2.11. The second-order valence-electron chi connectivity index (χ2n) is 6.68. The molecular weight excluding hydrogens is 533 g/mol. The molecule has 0 fully saturated rings. The van der Waals surface area contributed by atoms with E-state index in [2.05, 4.69) is 67.1 Å². The highest BCUT2D eigenvalue weighted by Gasteiger charge is 2.15. The molecule has 0 aliphatic heterocycles. The van der Waals surface area contributed by atoms with Gasteiger partial charge in [0, 0.05) is 31.7 Å². The van der Waals surface area contributed by atoms with Crippen LogP contribution >= 0.6 is 62.7 Å². The van der Waals surface area contributed by atoms with E-state index in [0.717, 1.165) is 32.5 Å². The maximum atomic E-state index is 6.31. The fourth-order valence-electron chi connectivity index (χ4n) is 2.97.